The van der Waals surface area contributed by atoms with Gasteiger partial charge in [0.05, 0.1) is 5.69 Å². The predicted octanol–water partition coefficient (Wildman–Crippen LogP) is 10.6. The maximum Gasteiger partial charge on any atom is 0.184 e. The van der Waals surface area contributed by atoms with Gasteiger partial charge in [0.25, 0.3) is 0 Å². The van der Waals surface area contributed by atoms with Gasteiger partial charge in [-0.05, 0) is 65.8 Å². The van der Waals surface area contributed by atoms with E-state index in [-0.39, 0.29) is 0 Å². The van der Waals surface area contributed by atoms with E-state index in [0.29, 0.717) is 17.3 Å². The Morgan fingerprint density at radius 2 is 0.513 bits per heavy atom. The Kier molecular flexibility index (Phi) is 11.1. The summed E-state index contributed by atoms with van der Waals surface area (Å²) in [6, 6.07) is 105. The van der Waals surface area contributed by atoms with Gasteiger partial charge in [-0.2, -0.15) is 0 Å². The molecular formula is C68H48N6Si2. The van der Waals surface area contributed by atoms with Crippen molar-refractivity contribution in [1.82, 2.24) is 19.9 Å². The summed E-state index contributed by atoms with van der Waals surface area (Å²) in [5.74, 6) is 2.53. The summed E-state index contributed by atoms with van der Waals surface area (Å²) < 4.78 is 0. The molecule has 6 nitrogen and oxygen atoms in total. The summed E-state index contributed by atoms with van der Waals surface area (Å²) in [6.45, 7) is 0. The van der Waals surface area contributed by atoms with Crippen LogP contribution in [-0.2, 0) is 0 Å². The smallest absolute Gasteiger partial charge is 0.184 e. The van der Waals surface area contributed by atoms with Crippen LogP contribution < -0.4 is 51.3 Å². The minimum atomic E-state index is -2.90. The van der Waals surface area contributed by atoms with Crippen LogP contribution in [0, 0.1) is 0 Å². The SMILES string of the molecule is c1ccc(-c2cc(N3c4ccccc4[Si](c4ccccc4)(c4ccccc4)c4ccccc43)nc(-c3cc(N4c5ccccc5[Si](c5ccccc5)(c5ccccc5)c5ccccc54)nc(-c4ccccc4)n3)n2)cc1. The van der Waals surface area contributed by atoms with Crippen molar-refractivity contribution in [1.29, 1.82) is 0 Å². The zero-order valence-corrected chi connectivity index (χ0v) is 43.4. The minimum Gasteiger partial charge on any atom is -0.295 e. The molecule has 76 heavy (non-hydrogen) atoms. The van der Waals surface area contributed by atoms with Gasteiger partial charge < -0.3 is 0 Å². The van der Waals surface area contributed by atoms with Gasteiger partial charge in [-0.15, -0.1) is 0 Å². The number of fused-ring (bicyclic) bond motifs is 4. The molecule has 2 aromatic heterocycles. The summed E-state index contributed by atoms with van der Waals surface area (Å²) in [5.41, 5.74) is 7.59. The van der Waals surface area contributed by atoms with Gasteiger partial charge in [0.15, 0.2) is 27.8 Å². The van der Waals surface area contributed by atoms with E-state index in [2.05, 4.69) is 277 Å². The summed E-state index contributed by atoms with van der Waals surface area (Å²) >= 11 is 0. The number of anilines is 6. The van der Waals surface area contributed by atoms with E-state index in [1.165, 1.54) is 41.5 Å². The quantitative estimate of drug-likeness (QED) is 0.134. The first-order valence-corrected chi connectivity index (χ1v) is 29.8. The van der Waals surface area contributed by atoms with Crippen molar-refractivity contribution in [3.63, 3.8) is 0 Å². The summed E-state index contributed by atoms with van der Waals surface area (Å²) in [7, 11) is -5.80. The third-order valence-electron chi connectivity index (χ3n) is 15.2. The molecule has 0 saturated carbocycles. The molecule has 4 heterocycles. The van der Waals surface area contributed by atoms with Crippen LogP contribution in [0.25, 0.3) is 34.2 Å². The molecule has 0 bridgehead atoms. The van der Waals surface area contributed by atoms with Crippen LogP contribution in [0.1, 0.15) is 0 Å². The van der Waals surface area contributed by atoms with Gasteiger partial charge in [-0.1, -0.05) is 255 Å². The van der Waals surface area contributed by atoms with E-state index in [9.17, 15) is 0 Å². The molecule has 14 rings (SSSR count). The van der Waals surface area contributed by atoms with Gasteiger partial charge >= 0.3 is 0 Å². The van der Waals surface area contributed by atoms with Crippen LogP contribution in [0.4, 0.5) is 34.4 Å². The Balaban J connectivity index is 1.02. The predicted molar refractivity (Wildman–Crippen MR) is 318 cm³/mol. The van der Waals surface area contributed by atoms with Crippen LogP contribution >= 0.6 is 0 Å². The Labute approximate surface area is 444 Å². The van der Waals surface area contributed by atoms with Crippen molar-refractivity contribution >= 4 is 92.0 Å². The third-order valence-corrected chi connectivity index (χ3v) is 25.0. The zero-order chi connectivity index (χ0) is 50.5. The number of rotatable bonds is 9. The fourth-order valence-corrected chi connectivity index (χ4v) is 22.3. The molecule has 0 fully saturated rings. The Morgan fingerprint density at radius 1 is 0.237 bits per heavy atom. The Bertz CT molecular complexity index is 3630. The molecule has 12 aromatic rings. The summed E-state index contributed by atoms with van der Waals surface area (Å²) in [5, 5.41) is 10.4. The number of hydrogen-bond acceptors (Lipinski definition) is 6. The lowest BCUT2D eigenvalue weighted by Crippen LogP contribution is -2.77. The van der Waals surface area contributed by atoms with Crippen molar-refractivity contribution < 1.29 is 0 Å². The van der Waals surface area contributed by atoms with E-state index < -0.39 is 16.1 Å². The number of benzene rings is 10. The highest BCUT2D eigenvalue weighted by Gasteiger charge is 2.50. The largest absolute Gasteiger partial charge is 0.295 e. The van der Waals surface area contributed by atoms with Crippen LogP contribution in [0.5, 0.6) is 0 Å². The van der Waals surface area contributed by atoms with Gasteiger partial charge in [0, 0.05) is 46.0 Å². The highest BCUT2D eigenvalue weighted by Crippen LogP contribution is 2.42. The number of para-hydroxylation sites is 4. The molecule has 2 aliphatic heterocycles. The second-order valence-corrected chi connectivity index (χ2v) is 26.8. The Hall–Kier alpha value is -9.61. The molecule has 0 N–H and O–H groups in total. The van der Waals surface area contributed by atoms with Crippen molar-refractivity contribution in [2.75, 3.05) is 9.80 Å². The fourth-order valence-electron chi connectivity index (χ4n) is 12.1. The molecule has 0 aliphatic carbocycles. The lowest BCUT2D eigenvalue weighted by atomic mass is 10.1. The number of aromatic nitrogens is 4. The van der Waals surface area contributed by atoms with Gasteiger partial charge in [0.1, 0.15) is 17.3 Å². The van der Waals surface area contributed by atoms with Crippen molar-refractivity contribution in [3.05, 3.63) is 291 Å². The molecule has 0 spiro atoms. The van der Waals surface area contributed by atoms with E-state index in [4.69, 9.17) is 19.9 Å². The van der Waals surface area contributed by atoms with E-state index in [1.807, 2.05) is 24.3 Å². The number of nitrogens with zero attached hydrogens (tertiary/aromatic N) is 6. The van der Waals surface area contributed by atoms with Crippen LogP contribution in [0.2, 0.25) is 0 Å². The van der Waals surface area contributed by atoms with Gasteiger partial charge in [0.2, 0.25) is 0 Å². The lowest BCUT2D eigenvalue weighted by Gasteiger charge is -2.44. The highest BCUT2D eigenvalue weighted by atomic mass is 28.3. The summed E-state index contributed by atoms with van der Waals surface area (Å²) in [6.07, 6.45) is 0. The Morgan fingerprint density at radius 3 is 0.882 bits per heavy atom. The average Bonchev–Trinajstić information content (AvgIpc) is 3.56. The van der Waals surface area contributed by atoms with Crippen molar-refractivity contribution in [2.45, 2.75) is 0 Å². The molecule has 10 aromatic carbocycles. The normalized spacial score (nSPS) is 13.7. The van der Waals surface area contributed by atoms with Gasteiger partial charge in [-0.3, -0.25) is 9.80 Å². The molecular weight excluding hydrogens is 957 g/mol. The monoisotopic (exact) mass is 1000 g/mol. The first-order valence-electron chi connectivity index (χ1n) is 25.8. The molecule has 0 radical (unpaired) electrons. The average molecular weight is 1010 g/mol. The van der Waals surface area contributed by atoms with Crippen LogP contribution in [-0.4, -0.2) is 36.1 Å². The van der Waals surface area contributed by atoms with E-state index in [1.54, 1.807) is 0 Å². The molecule has 0 unspecified atom stereocenters. The highest BCUT2D eigenvalue weighted by molar-refractivity contribution is 7.22. The van der Waals surface area contributed by atoms with E-state index in [0.717, 1.165) is 51.2 Å². The first kappa shape index (κ1) is 45.0. The van der Waals surface area contributed by atoms with Gasteiger partial charge in [-0.25, -0.2) is 19.9 Å². The van der Waals surface area contributed by atoms with Crippen LogP contribution in [0.15, 0.2) is 291 Å². The summed E-state index contributed by atoms with van der Waals surface area (Å²) in [4.78, 5) is 26.9. The van der Waals surface area contributed by atoms with Crippen molar-refractivity contribution in [3.8, 4) is 34.2 Å². The van der Waals surface area contributed by atoms with Crippen molar-refractivity contribution in [2.24, 2.45) is 0 Å². The molecule has 8 heteroatoms. The molecule has 2 aliphatic rings. The molecule has 0 atom stereocenters. The molecule has 0 saturated heterocycles. The number of hydrogen-bond donors (Lipinski definition) is 0. The third kappa shape index (κ3) is 7.14. The minimum absolute atomic E-state index is 0.489. The van der Waals surface area contributed by atoms with E-state index >= 15 is 0 Å². The topological polar surface area (TPSA) is 58.0 Å². The molecule has 358 valence electrons. The standard InChI is InChI=1S/C68H48N6Si2/c1-7-27-49(28-8-1)55-47-65(73-57-39-19-23-43-61(57)75(51-31-11-3-12-32-51,52-33-13-4-14-34-52)62-44-24-20-40-58(62)73)72-68(69-55)56-48-66(71-67(70-56)50-29-9-2-10-30-50)74-59-41-21-25-45-63(59)76(53-35-15-5-16-36-53,54-37-17-6-18-38-54)64-46-26-22-42-60(64)74/h1-48H. The first-order chi connectivity index (χ1) is 37.7. The maximum absolute atomic E-state index is 5.68. The maximum atomic E-state index is 5.68. The second kappa shape index (κ2) is 18.7. The fraction of sp³-hybridized carbons (Fsp3) is 0. The zero-order valence-electron chi connectivity index (χ0n) is 41.4. The van der Waals surface area contributed by atoms with Crippen LogP contribution in [0.3, 0.4) is 0 Å². The lowest BCUT2D eigenvalue weighted by molar-refractivity contribution is 1.07. The second-order valence-electron chi connectivity index (χ2n) is 19.3. The molecule has 0 amide bonds.